The van der Waals surface area contributed by atoms with Crippen LogP contribution in [0.4, 0.5) is 10.1 Å². The lowest BCUT2D eigenvalue weighted by atomic mass is 10.1. The predicted molar refractivity (Wildman–Crippen MR) is 73.5 cm³/mol. The lowest BCUT2D eigenvalue weighted by Crippen LogP contribution is -2.19. The molecule has 0 aliphatic rings. The van der Waals surface area contributed by atoms with E-state index in [4.69, 9.17) is 0 Å². The van der Waals surface area contributed by atoms with E-state index in [0.717, 1.165) is 5.56 Å². The maximum absolute atomic E-state index is 13.9. The van der Waals surface area contributed by atoms with Crippen molar-refractivity contribution in [3.63, 3.8) is 0 Å². The third-order valence-electron chi connectivity index (χ3n) is 2.85. The molecule has 0 radical (unpaired) electrons. The van der Waals surface area contributed by atoms with Crippen LogP contribution in [0.1, 0.15) is 24.2 Å². The largest absolute Gasteiger partial charge is 0.389 e. The molecule has 0 spiro atoms. The quantitative estimate of drug-likeness (QED) is 0.913. The number of halogens is 1. The van der Waals surface area contributed by atoms with Crippen LogP contribution < -0.4 is 4.90 Å². The molecule has 0 saturated carbocycles. The van der Waals surface area contributed by atoms with Crippen molar-refractivity contribution >= 4 is 17.0 Å². The van der Waals surface area contributed by atoms with Crippen molar-refractivity contribution in [1.82, 2.24) is 0 Å². The van der Waals surface area contributed by atoms with E-state index in [1.165, 1.54) is 6.07 Å². The van der Waals surface area contributed by atoms with Gasteiger partial charge in [-0.1, -0.05) is 12.1 Å². The molecule has 0 amide bonds. The Bertz CT molecular complexity index is 511. The average Bonchev–Trinajstić information content (AvgIpc) is 2.81. The number of aliphatic hydroxyl groups excluding tert-OH is 1. The molecule has 96 valence electrons. The molecule has 2 nitrogen and oxygen atoms in total. The van der Waals surface area contributed by atoms with Gasteiger partial charge < -0.3 is 10.0 Å². The number of anilines is 1. The van der Waals surface area contributed by atoms with Crippen molar-refractivity contribution in [2.75, 3.05) is 11.9 Å². The first-order valence-electron chi connectivity index (χ1n) is 5.78. The van der Waals surface area contributed by atoms with Gasteiger partial charge in [-0.2, -0.15) is 11.3 Å². The number of nitrogens with zero attached hydrogens (tertiary/aromatic N) is 1. The Hall–Kier alpha value is -1.39. The second-order valence-corrected chi connectivity index (χ2v) is 5.12. The van der Waals surface area contributed by atoms with Crippen LogP contribution in [-0.4, -0.2) is 12.2 Å². The SMILES string of the molecule is C[C@H](O)c1cccc(F)c1N(C)Cc1ccsc1. The highest BCUT2D eigenvalue weighted by Crippen LogP contribution is 2.29. The summed E-state index contributed by atoms with van der Waals surface area (Å²) in [5.74, 6) is -0.300. The molecule has 0 fully saturated rings. The average molecular weight is 265 g/mol. The lowest BCUT2D eigenvalue weighted by molar-refractivity contribution is 0.199. The van der Waals surface area contributed by atoms with Crippen LogP contribution in [0.15, 0.2) is 35.0 Å². The maximum atomic E-state index is 13.9. The van der Waals surface area contributed by atoms with Gasteiger partial charge in [0.05, 0.1) is 11.8 Å². The Balaban J connectivity index is 2.31. The zero-order valence-corrected chi connectivity index (χ0v) is 11.2. The van der Waals surface area contributed by atoms with Gasteiger partial charge in [0, 0.05) is 19.2 Å². The molecule has 4 heteroatoms. The van der Waals surface area contributed by atoms with Gasteiger partial charge in [-0.15, -0.1) is 0 Å². The number of hydrogen-bond donors (Lipinski definition) is 1. The zero-order chi connectivity index (χ0) is 13.1. The molecule has 2 rings (SSSR count). The number of hydrogen-bond acceptors (Lipinski definition) is 3. The normalized spacial score (nSPS) is 12.4. The fourth-order valence-electron chi connectivity index (χ4n) is 2.01. The minimum atomic E-state index is -0.680. The van der Waals surface area contributed by atoms with Gasteiger partial charge in [0.2, 0.25) is 0 Å². The number of aliphatic hydroxyl groups is 1. The Kier molecular flexibility index (Phi) is 3.99. The fraction of sp³-hybridized carbons (Fsp3) is 0.286. The molecular formula is C14H16FNOS. The molecule has 0 aliphatic heterocycles. The van der Waals surface area contributed by atoms with E-state index in [9.17, 15) is 9.50 Å². The molecular weight excluding hydrogens is 249 g/mol. The van der Waals surface area contributed by atoms with E-state index in [0.29, 0.717) is 17.8 Å². The van der Waals surface area contributed by atoms with Crippen LogP contribution in [0.2, 0.25) is 0 Å². The van der Waals surface area contributed by atoms with Crippen LogP contribution in [-0.2, 0) is 6.54 Å². The molecule has 1 heterocycles. The van der Waals surface area contributed by atoms with Crippen LogP contribution in [0.25, 0.3) is 0 Å². The van der Waals surface area contributed by atoms with Crippen molar-refractivity contribution in [3.8, 4) is 0 Å². The highest BCUT2D eigenvalue weighted by atomic mass is 32.1. The second kappa shape index (κ2) is 5.50. The van der Waals surface area contributed by atoms with Gasteiger partial charge in [-0.25, -0.2) is 4.39 Å². The monoisotopic (exact) mass is 265 g/mol. The van der Waals surface area contributed by atoms with E-state index in [1.54, 1.807) is 30.4 Å². The maximum Gasteiger partial charge on any atom is 0.146 e. The van der Waals surface area contributed by atoms with Crippen molar-refractivity contribution in [1.29, 1.82) is 0 Å². The van der Waals surface area contributed by atoms with Crippen molar-refractivity contribution in [2.45, 2.75) is 19.6 Å². The van der Waals surface area contributed by atoms with E-state index in [2.05, 4.69) is 0 Å². The minimum Gasteiger partial charge on any atom is -0.389 e. The van der Waals surface area contributed by atoms with Crippen molar-refractivity contribution < 1.29 is 9.50 Å². The summed E-state index contributed by atoms with van der Waals surface area (Å²) in [4.78, 5) is 1.83. The zero-order valence-electron chi connectivity index (χ0n) is 10.4. The van der Waals surface area contributed by atoms with Crippen LogP contribution >= 0.6 is 11.3 Å². The Morgan fingerprint density at radius 1 is 1.39 bits per heavy atom. The summed E-state index contributed by atoms with van der Waals surface area (Å²) in [5.41, 5.74) is 2.23. The van der Waals surface area contributed by atoms with Gasteiger partial charge in [0.1, 0.15) is 5.82 Å². The third-order valence-corrected chi connectivity index (χ3v) is 3.58. The van der Waals surface area contributed by atoms with Crippen LogP contribution in [0.3, 0.4) is 0 Å². The van der Waals surface area contributed by atoms with Crippen LogP contribution in [0.5, 0.6) is 0 Å². The van der Waals surface area contributed by atoms with E-state index >= 15 is 0 Å². The van der Waals surface area contributed by atoms with Gasteiger partial charge in [0.15, 0.2) is 0 Å². The van der Waals surface area contributed by atoms with E-state index in [-0.39, 0.29) is 5.82 Å². The van der Waals surface area contributed by atoms with Crippen molar-refractivity contribution in [2.24, 2.45) is 0 Å². The molecule has 2 aromatic rings. The smallest absolute Gasteiger partial charge is 0.146 e. The van der Waals surface area contributed by atoms with E-state index < -0.39 is 6.10 Å². The van der Waals surface area contributed by atoms with Crippen molar-refractivity contribution in [3.05, 3.63) is 52.0 Å². The first kappa shape index (κ1) is 13.1. The summed E-state index contributed by atoms with van der Waals surface area (Å²) in [6.45, 7) is 2.28. The predicted octanol–water partition coefficient (Wildman–Crippen LogP) is 3.58. The molecule has 1 aromatic carbocycles. The molecule has 1 N–H and O–H groups in total. The molecule has 0 saturated heterocycles. The number of rotatable bonds is 4. The summed E-state index contributed by atoms with van der Waals surface area (Å²) in [6, 6.07) is 6.82. The minimum absolute atomic E-state index is 0.300. The highest BCUT2D eigenvalue weighted by Gasteiger charge is 2.16. The lowest BCUT2D eigenvalue weighted by Gasteiger charge is -2.23. The number of benzene rings is 1. The standard InChI is InChI=1S/C14H16FNOS/c1-10(17)12-4-3-5-13(15)14(12)16(2)8-11-6-7-18-9-11/h3-7,9-10,17H,8H2,1-2H3/t10-/m0/s1. The summed E-state index contributed by atoms with van der Waals surface area (Å²) in [7, 11) is 1.84. The number of para-hydroxylation sites is 1. The summed E-state index contributed by atoms with van der Waals surface area (Å²) in [5, 5.41) is 13.8. The summed E-state index contributed by atoms with van der Waals surface area (Å²) in [6.07, 6.45) is -0.680. The van der Waals surface area contributed by atoms with Gasteiger partial charge >= 0.3 is 0 Å². The molecule has 0 aliphatic carbocycles. The Labute approximate surface area is 110 Å². The first-order chi connectivity index (χ1) is 8.59. The summed E-state index contributed by atoms with van der Waals surface area (Å²) < 4.78 is 13.9. The Morgan fingerprint density at radius 2 is 2.17 bits per heavy atom. The third kappa shape index (κ3) is 2.71. The summed E-state index contributed by atoms with van der Waals surface area (Å²) >= 11 is 1.62. The Morgan fingerprint density at radius 3 is 2.78 bits per heavy atom. The first-order valence-corrected chi connectivity index (χ1v) is 6.72. The topological polar surface area (TPSA) is 23.5 Å². The van der Waals surface area contributed by atoms with Crippen LogP contribution in [0, 0.1) is 5.82 Å². The number of thiophene rings is 1. The molecule has 1 atom stereocenters. The molecule has 0 bridgehead atoms. The molecule has 18 heavy (non-hydrogen) atoms. The molecule has 0 unspecified atom stereocenters. The van der Waals surface area contributed by atoms with Gasteiger partial charge in [-0.3, -0.25) is 0 Å². The van der Waals surface area contributed by atoms with Gasteiger partial charge in [0.25, 0.3) is 0 Å². The highest BCUT2D eigenvalue weighted by molar-refractivity contribution is 7.07. The van der Waals surface area contributed by atoms with E-state index in [1.807, 2.05) is 28.8 Å². The fourth-order valence-corrected chi connectivity index (χ4v) is 2.67. The molecule has 1 aromatic heterocycles. The second-order valence-electron chi connectivity index (χ2n) is 4.34. The van der Waals surface area contributed by atoms with Gasteiger partial charge in [-0.05, 0) is 35.4 Å².